The fourth-order valence-corrected chi connectivity index (χ4v) is 3.40. The Morgan fingerprint density at radius 3 is 2.53 bits per heavy atom. The molecule has 0 aliphatic rings. The molecule has 0 unspecified atom stereocenters. The molecule has 0 saturated carbocycles. The van der Waals surface area contributed by atoms with Crippen LogP contribution >= 0.6 is 23.1 Å². The Morgan fingerprint density at radius 1 is 1.24 bits per heavy atom. The van der Waals surface area contributed by atoms with E-state index in [4.69, 9.17) is 0 Å². The van der Waals surface area contributed by atoms with Crippen LogP contribution in [0.3, 0.4) is 0 Å². The zero-order valence-electron chi connectivity index (χ0n) is 10.1. The molecule has 1 heterocycles. The average Bonchev–Trinajstić information content (AvgIpc) is 2.67. The number of hydrogen-bond acceptors (Lipinski definition) is 3. The van der Waals surface area contributed by atoms with Gasteiger partial charge in [-0.1, -0.05) is 12.1 Å². The second-order valence-electron chi connectivity index (χ2n) is 3.90. The van der Waals surface area contributed by atoms with Gasteiger partial charge < -0.3 is 0 Å². The van der Waals surface area contributed by atoms with Gasteiger partial charge in [-0.3, -0.25) is 4.79 Å². The molecule has 0 N–H and O–H groups in total. The van der Waals surface area contributed by atoms with Crippen molar-refractivity contribution in [3.63, 3.8) is 0 Å². The Hall–Kier alpha value is -1.06. The maximum absolute atomic E-state index is 12.5. The lowest BCUT2D eigenvalue weighted by Crippen LogP contribution is -2.01. The Morgan fingerprint density at radius 2 is 1.94 bits per heavy atom. The third-order valence-electron chi connectivity index (χ3n) is 2.60. The van der Waals surface area contributed by atoms with Crippen molar-refractivity contribution in [2.24, 2.45) is 0 Å². The molecule has 1 aromatic heterocycles. The SMILES string of the molecule is CSc1ccccc1C(=O)c1sc(C)cc1C. The average molecular weight is 262 g/mol. The van der Waals surface area contributed by atoms with Crippen molar-refractivity contribution in [3.8, 4) is 0 Å². The van der Waals surface area contributed by atoms with E-state index in [1.165, 1.54) is 4.88 Å². The van der Waals surface area contributed by atoms with Crippen LogP contribution in [-0.4, -0.2) is 12.0 Å². The van der Waals surface area contributed by atoms with Crippen LogP contribution in [0.2, 0.25) is 0 Å². The molecule has 0 fully saturated rings. The van der Waals surface area contributed by atoms with Gasteiger partial charge >= 0.3 is 0 Å². The third-order valence-corrected chi connectivity index (χ3v) is 4.55. The minimum absolute atomic E-state index is 0.144. The lowest BCUT2D eigenvalue weighted by atomic mass is 10.1. The zero-order chi connectivity index (χ0) is 12.4. The van der Waals surface area contributed by atoms with E-state index < -0.39 is 0 Å². The van der Waals surface area contributed by atoms with E-state index >= 15 is 0 Å². The fourth-order valence-electron chi connectivity index (χ4n) is 1.82. The van der Waals surface area contributed by atoms with Crippen molar-refractivity contribution in [2.45, 2.75) is 18.7 Å². The summed E-state index contributed by atoms with van der Waals surface area (Å²) in [6.07, 6.45) is 2.00. The van der Waals surface area contributed by atoms with Gasteiger partial charge in [0.05, 0.1) is 4.88 Å². The summed E-state index contributed by atoms with van der Waals surface area (Å²) in [4.78, 5) is 15.6. The normalized spacial score (nSPS) is 10.5. The number of carbonyl (C=O) groups excluding carboxylic acids is 1. The van der Waals surface area contributed by atoms with Crippen LogP contribution in [-0.2, 0) is 0 Å². The zero-order valence-corrected chi connectivity index (χ0v) is 11.7. The van der Waals surface area contributed by atoms with Crippen molar-refractivity contribution in [1.29, 1.82) is 0 Å². The van der Waals surface area contributed by atoms with Crippen LogP contribution in [0, 0.1) is 13.8 Å². The van der Waals surface area contributed by atoms with Crippen LogP contribution in [0.25, 0.3) is 0 Å². The van der Waals surface area contributed by atoms with Crippen molar-refractivity contribution < 1.29 is 4.79 Å². The molecule has 2 aromatic rings. The molecule has 0 aliphatic heterocycles. The van der Waals surface area contributed by atoms with Gasteiger partial charge in [-0.05, 0) is 43.9 Å². The third kappa shape index (κ3) is 2.45. The predicted octanol–water partition coefficient (Wildman–Crippen LogP) is 4.32. The summed E-state index contributed by atoms with van der Waals surface area (Å²) in [5, 5.41) is 0. The van der Waals surface area contributed by atoms with Gasteiger partial charge in [0.15, 0.2) is 0 Å². The first-order valence-corrected chi connectivity index (χ1v) is 7.42. The van der Waals surface area contributed by atoms with Crippen LogP contribution in [0.1, 0.15) is 25.7 Å². The molecule has 2 rings (SSSR count). The van der Waals surface area contributed by atoms with Gasteiger partial charge in [-0.15, -0.1) is 23.1 Å². The van der Waals surface area contributed by atoms with Gasteiger partial charge in [-0.2, -0.15) is 0 Å². The first kappa shape index (κ1) is 12.4. The molecule has 0 aliphatic carbocycles. The highest BCUT2D eigenvalue weighted by Gasteiger charge is 2.16. The summed E-state index contributed by atoms with van der Waals surface area (Å²) in [7, 11) is 0. The maximum Gasteiger partial charge on any atom is 0.204 e. The van der Waals surface area contributed by atoms with Gasteiger partial charge in [0, 0.05) is 15.3 Å². The Balaban J connectivity index is 2.47. The Kier molecular flexibility index (Phi) is 3.69. The molecule has 17 heavy (non-hydrogen) atoms. The number of aryl methyl sites for hydroxylation is 2. The molecule has 0 radical (unpaired) electrons. The van der Waals surface area contributed by atoms with E-state index in [1.807, 2.05) is 44.4 Å². The molecule has 1 nitrogen and oxygen atoms in total. The molecule has 0 atom stereocenters. The minimum Gasteiger partial charge on any atom is -0.288 e. The number of thioether (sulfide) groups is 1. The van der Waals surface area contributed by atoms with E-state index in [0.29, 0.717) is 0 Å². The van der Waals surface area contributed by atoms with E-state index in [0.717, 1.165) is 20.9 Å². The van der Waals surface area contributed by atoms with Gasteiger partial charge in [-0.25, -0.2) is 0 Å². The van der Waals surface area contributed by atoms with Gasteiger partial charge in [0.2, 0.25) is 5.78 Å². The molecule has 0 bridgehead atoms. The molecular formula is C14H14OS2. The summed E-state index contributed by atoms with van der Waals surface area (Å²) >= 11 is 3.19. The standard InChI is InChI=1S/C14H14OS2/c1-9-8-10(2)17-14(9)13(15)11-6-4-5-7-12(11)16-3/h4-8H,1-3H3. The fraction of sp³-hybridized carbons (Fsp3) is 0.214. The highest BCUT2D eigenvalue weighted by Crippen LogP contribution is 2.28. The smallest absolute Gasteiger partial charge is 0.204 e. The van der Waals surface area contributed by atoms with Gasteiger partial charge in [0.25, 0.3) is 0 Å². The van der Waals surface area contributed by atoms with Crippen LogP contribution in [0.4, 0.5) is 0 Å². The molecule has 0 saturated heterocycles. The lowest BCUT2D eigenvalue weighted by molar-refractivity contribution is 0.103. The number of thiophene rings is 1. The summed E-state index contributed by atoms with van der Waals surface area (Å²) in [6, 6.07) is 9.86. The van der Waals surface area contributed by atoms with Crippen LogP contribution < -0.4 is 0 Å². The highest BCUT2D eigenvalue weighted by atomic mass is 32.2. The van der Waals surface area contributed by atoms with Gasteiger partial charge in [0.1, 0.15) is 0 Å². The summed E-state index contributed by atoms with van der Waals surface area (Å²) in [5.74, 6) is 0.144. The second-order valence-corrected chi connectivity index (χ2v) is 6.00. The first-order chi connectivity index (χ1) is 8.13. The predicted molar refractivity (Wildman–Crippen MR) is 75.4 cm³/mol. The van der Waals surface area contributed by atoms with Crippen molar-refractivity contribution in [3.05, 3.63) is 51.2 Å². The number of carbonyl (C=O) groups is 1. The second kappa shape index (κ2) is 5.07. The first-order valence-electron chi connectivity index (χ1n) is 5.38. The Bertz CT molecular complexity index is 555. The topological polar surface area (TPSA) is 17.1 Å². The summed E-state index contributed by atoms with van der Waals surface area (Å²) < 4.78 is 0. The van der Waals surface area contributed by atoms with E-state index in [2.05, 4.69) is 6.07 Å². The molecular weight excluding hydrogens is 248 g/mol. The summed E-state index contributed by atoms with van der Waals surface area (Å²) in [5.41, 5.74) is 1.89. The largest absolute Gasteiger partial charge is 0.288 e. The molecule has 88 valence electrons. The van der Waals surface area contributed by atoms with Crippen molar-refractivity contribution in [1.82, 2.24) is 0 Å². The Labute approximate surface area is 110 Å². The number of benzene rings is 1. The van der Waals surface area contributed by atoms with E-state index in [-0.39, 0.29) is 5.78 Å². The maximum atomic E-state index is 12.5. The number of hydrogen-bond donors (Lipinski definition) is 0. The number of rotatable bonds is 3. The minimum atomic E-state index is 0.144. The number of ketones is 1. The highest BCUT2D eigenvalue weighted by molar-refractivity contribution is 7.98. The molecule has 0 spiro atoms. The van der Waals surface area contributed by atoms with Crippen molar-refractivity contribution >= 4 is 28.9 Å². The molecule has 3 heteroatoms. The van der Waals surface area contributed by atoms with Crippen LogP contribution in [0.15, 0.2) is 35.2 Å². The monoisotopic (exact) mass is 262 g/mol. The quantitative estimate of drug-likeness (QED) is 0.605. The van der Waals surface area contributed by atoms with E-state index in [9.17, 15) is 4.79 Å². The van der Waals surface area contributed by atoms with E-state index in [1.54, 1.807) is 23.1 Å². The van der Waals surface area contributed by atoms with Crippen molar-refractivity contribution in [2.75, 3.05) is 6.26 Å². The lowest BCUT2D eigenvalue weighted by Gasteiger charge is -2.05. The van der Waals surface area contributed by atoms with Crippen LogP contribution in [0.5, 0.6) is 0 Å². The summed E-state index contributed by atoms with van der Waals surface area (Å²) in [6.45, 7) is 4.04. The molecule has 0 amide bonds. The molecule has 1 aromatic carbocycles.